The quantitative estimate of drug-likeness (QED) is 0.175. The van der Waals surface area contributed by atoms with Crippen LogP contribution in [0.4, 0.5) is 0 Å². The minimum absolute atomic E-state index is 0.643. The van der Waals surface area contributed by atoms with Crippen molar-refractivity contribution >= 4 is 84.8 Å². The van der Waals surface area contributed by atoms with Gasteiger partial charge in [-0.25, -0.2) is 15.0 Å². The van der Waals surface area contributed by atoms with Gasteiger partial charge in [0.2, 0.25) is 0 Å². The second-order valence-corrected chi connectivity index (χ2v) is 16.5. The van der Waals surface area contributed by atoms with E-state index in [9.17, 15) is 0 Å². The number of fused-ring (bicyclic) bond motifs is 9. The van der Waals surface area contributed by atoms with Gasteiger partial charge in [-0.3, -0.25) is 0 Å². The molecule has 57 heavy (non-hydrogen) atoms. The summed E-state index contributed by atoms with van der Waals surface area (Å²) in [5.74, 6) is 1.97. The van der Waals surface area contributed by atoms with Gasteiger partial charge in [0, 0.05) is 73.5 Å². The van der Waals surface area contributed by atoms with E-state index in [1.165, 1.54) is 73.3 Å². The van der Waals surface area contributed by atoms with E-state index in [-0.39, 0.29) is 0 Å². The van der Waals surface area contributed by atoms with Crippen LogP contribution in [0.5, 0.6) is 0 Å². The lowest BCUT2D eigenvalue weighted by Gasteiger charge is -2.11. The third-order valence-corrected chi connectivity index (χ3v) is 13.5. The van der Waals surface area contributed by atoms with Crippen molar-refractivity contribution in [3.05, 3.63) is 182 Å². The molecule has 0 radical (unpaired) electrons. The minimum atomic E-state index is 0.643. The number of aromatic nitrogens is 4. The Labute approximate surface area is 335 Å². The Kier molecular flexibility index (Phi) is 7.24. The van der Waals surface area contributed by atoms with E-state index in [1.54, 1.807) is 11.3 Å². The Morgan fingerprint density at radius 3 is 1.74 bits per heavy atom. The van der Waals surface area contributed by atoms with Crippen LogP contribution in [0, 0.1) is 0 Å². The SMILES string of the molecule is c1ccc(-c2ccc3c(c2)c2ccccc2n3-c2ccc(-c3nc(-c4ccc5sc6ccccc6c5c4)nc(-c4cccc5c4sc4ccccc45)n3)cc2)cc1. The first-order valence-electron chi connectivity index (χ1n) is 19.0. The predicted molar refractivity (Wildman–Crippen MR) is 242 cm³/mol. The molecule has 4 heterocycles. The van der Waals surface area contributed by atoms with Gasteiger partial charge in [0.05, 0.1) is 11.0 Å². The summed E-state index contributed by atoms with van der Waals surface area (Å²) in [4.78, 5) is 15.7. The highest BCUT2D eigenvalue weighted by Crippen LogP contribution is 2.41. The van der Waals surface area contributed by atoms with Crippen molar-refractivity contribution in [3.63, 3.8) is 0 Å². The fourth-order valence-electron chi connectivity index (χ4n) is 8.36. The monoisotopic (exact) mass is 762 g/mol. The molecule has 0 unspecified atom stereocenters. The van der Waals surface area contributed by atoms with Crippen molar-refractivity contribution in [1.29, 1.82) is 0 Å². The molecular formula is C51H30N4S2. The van der Waals surface area contributed by atoms with Crippen molar-refractivity contribution < 1.29 is 0 Å². The molecule has 0 aliphatic rings. The molecular weight excluding hydrogens is 733 g/mol. The van der Waals surface area contributed by atoms with Gasteiger partial charge in [-0.2, -0.15) is 0 Å². The first kappa shape index (κ1) is 32.3. The fraction of sp³-hybridized carbons (Fsp3) is 0. The highest BCUT2D eigenvalue weighted by molar-refractivity contribution is 7.26. The summed E-state index contributed by atoms with van der Waals surface area (Å²) in [6.45, 7) is 0. The zero-order chi connectivity index (χ0) is 37.5. The van der Waals surface area contributed by atoms with Gasteiger partial charge in [-0.15, -0.1) is 22.7 Å². The summed E-state index contributed by atoms with van der Waals surface area (Å²) in [5, 5.41) is 7.39. The topological polar surface area (TPSA) is 43.6 Å². The zero-order valence-electron chi connectivity index (χ0n) is 30.4. The predicted octanol–water partition coefficient (Wildman–Crippen LogP) is 14.4. The van der Waals surface area contributed by atoms with Crippen molar-refractivity contribution in [3.8, 4) is 51.0 Å². The lowest BCUT2D eigenvalue weighted by molar-refractivity contribution is 1.08. The third-order valence-electron chi connectivity index (χ3n) is 11.1. The van der Waals surface area contributed by atoms with Crippen LogP contribution in [0.15, 0.2) is 182 Å². The summed E-state index contributed by atoms with van der Waals surface area (Å²) in [6.07, 6.45) is 0. The summed E-state index contributed by atoms with van der Waals surface area (Å²) in [7, 11) is 0. The van der Waals surface area contributed by atoms with Crippen molar-refractivity contribution in [2.24, 2.45) is 0 Å². The van der Waals surface area contributed by atoms with E-state index in [4.69, 9.17) is 15.0 Å². The van der Waals surface area contributed by atoms with E-state index in [1.807, 2.05) is 11.3 Å². The fourth-order valence-corrected chi connectivity index (χ4v) is 10.7. The van der Waals surface area contributed by atoms with E-state index in [2.05, 4.69) is 187 Å². The summed E-state index contributed by atoms with van der Waals surface area (Å²) in [6, 6.07) is 65.0. The van der Waals surface area contributed by atoms with Gasteiger partial charge in [0.1, 0.15) is 0 Å². The average Bonchev–Trinajstić information content (AvgIpc) is 3.96. The number of nitrogens with zero attached hydrogens (tertiary/aromatic N) is 4. The molecule has 12 rings (SSSR count). The summed E-state index contributed by atoms with van der Waals surface area (Å²) >= 11 is 3.61. The van der Waals surface area contributed by atoms with Crippen LogP contribution in [0.25, 0.3) is 113 Å². The number of thiophene rings is 2. The van der Waals surface area contributed by atoms with Crippen LogP contribution >= 0.6 is 22.7 Å². The molecule has 266 valence electrons. The average molecular weight is 763 g/mol. The molecule has 0 saturated heterocycles. The Balaban J connectivity index is 1.02. The van der Waals surface area contributed by atoms with Gasteiger partial charge in [0.15, 0.2) is 17.5 Å². The molecule has 0 amide bonds. The molecule has 4 nitrogen and oxygen atoms in total. The number of rotatable bonds is 5. The minimum Gasteiger partial charge on any atom is -0.309 e. The Morgan fingerprint density at radius 2 is 0.912 bits per heavy atom. The van der Waals surface area contributed by atoms with E-state index < -0.39 is 0 Å². The molecule has 8 aromatic carbocycles. The smallest absolute Gasteiger partial charge is 0.165 e. The lowest BCUT2D eigenvalue weighted by Crippen LogP contribution is -2.00. The van der Waals surface area contributed by atoms with E-state index >= 15 is 0 Å². The highest BCUT2D eigenvalue weighted by atomic mass is 32.1. The van der Waals surface area contributed by atoms with Crippen LogP contribution in [0.2, 0.25) is 0 Å². The number of hydrogen-bond acceptors (Lipinski definition) is 5. The van der Waals surface area contributed by atoms with E-state index in [0.29, 0.717) is 17.5 Å². The Hall–Kier alpha value is -6.99. The van der Waals surface area contributed by atoms with Crippen molar-refractivity contribution in [2.45, 2.75) is 0 Å². The van der Waals surface area contributed by atoms with Gasteiger partial charge in [-0.1, -0.05) is 103 Å². The van der Waals surface area contributed by atoms with Crippen molar-refractivity contribution in [1.82, 2.24) is 19.5 Å². The lowest BCUT2D eigenvalue weighted by atomic mass is 10.0. The van der Waals surface area contributed by atoms with Gasteiger partial charge in [-0.05, 0) is 90.0 Å². The first-order valence-corrected chi connectivity index (χ1v) is 20.6. The van der Waals surface area contributed by atoms with E-state index in [0.717, 1.165) is 22.4 Å². The highest BCUT2D eigenvalue weighted by Gasteiger charge is 2.19. The summed E-state index contributed by atoms with van der Waals surface area (Å²) < 4.78 is 7.31. The van der Waals surface area contributed by atoms with Gasteiger partial charge >= 0.3 is 0 Å². The van der Waals surface area contributed by atoms with Crippen LogP contribution in [-0.4, -0.2) is 19.5 Å². The molecule has 0 aliphatic carbocycles. The van der Waals surface area contributed by atoms with Gasteiger partial charge in [0.25, 0.3) is 0 Å². The Bertz CT molecular complexity index is 3520. The number of hydrogen-bond donors (Lipinski definition) is 0. The number of benzene rings is 8. The summed E-state index contributed by atoms with van der Waals surface area (Å²) in [5.41, 5.74) is 8.75. The first-order chi connectivity index (χ1) is 28.2. The molecule has 4 aromatic heterocycles. The second-order valence-electron chi connectivity index (χ2n) is 14.4. The molecule has 0 saturated carbocycles. The van der Waals surface area contributed by atoms with Crippen LogP contribution in [0.1, 0.15) is 0 Å². The molecule has 0 fully saturated rings. The third kappa shape index (κ3) is 5.22. The molecule has 0 spiro atoms. The standard InChI is InChI=1S/C51H30N4S2/c1-2-11-31(12-3-1)33-23-27-44-41(29-33)36-13-4-7-18-43(36)55(44)35-25-21-32(22-26-35)49-52-50(34-24-28-47-42(30-34)38-15-6-8-19-45(38)56-47)54-51(53-49)40-17-10-16-39-37-14-5-9-20-46(37)57-48(39)40/h1-30H. The largest absolute Gasteiger partial charge is 0.309 e. The van der Waals surface area contributed by atoms with Gasteiger partial charge < -0.3 is 4.57 Å². The maximum Gasteiger partial charge on any atom is 0.165 e. The molecule has 0 atom stereocenters. The maximum absolute atomic E-state index is 5.23. The second kappa shape index (κ2) is 12.8. The Morgan fingerprint density at radius 1 is 0.333 bits per heavy atom. The van der Waals surface area contributed by atoms with Crippen molar-refractivity contribution in [2.75, 3.05) is 0 Å². The molecule has 12 aromatic rings. The van der Waals surface area contributed by atoms with Crippen LogP contribution in [0.3, 0.4) is 0 Å². The molecule has 0 bridgehead atoms. The normalized spacial score (nSPS) is 11.9. The molecule has 0 N–H and O–H groups in total. The maximum atomic E-state index is 5.23. The van der Waals surface area contributed by atoms with Crippen LogP contribution in [-0.2, 0) is 0 Å². The van der Waals surface area contributed by atoms with Crippen LogP contribution < -0.4 is 0 Å². The molecule has 6 heteroatoms. The molecule has 0 aliphatic heterocycles. The number of para-hydroxylation sites is 1. The zero-order valence-corrected chi connectivity index (χ0v) is 32.1.